The number of amides is 1. The zero-order valence-electron chi connectivity index (χ0n) is 9.98. The molecule has 92 valence electrons. The zero-order chi connectivity index (χ0) is 11.5. The molecule has 0 bridgehead atoms. The van der Waals surface area contributed by atoms with Gasteiger partial charge in [-0.05, 0) is 38.1 Å². The van der Waals surface area contributed by atoms with E-state index in [9.17, 15) is 4.79 Å². The quantitative estimate of drug-likeness (QED) is 0.727. The Bertz CT molecular complexity index is 253. The Balaban J connectivity index is 1.98. The van der Waals surface area contributed by atoms with E-state index in [0.29, 0.717) is 18.5 Å². The summed E-state index contributed by atoms with van der Waals surface area (Å²) in [4.78, 5) is 14.2. The van der Waals surface area contributed by atoms with E-state index in [-0.39, 0.29) is 18.6 Å². The maximum absolute atomic E-state index is 12.3. The summed E-state index contributed by atoms with van der Waals surface area (Å²) in [5, 5.41) is 12.3. The lowest BCUT2D eigenvalue weighted by atomic mass is 9.90. The average molecular weight is 226 g/mol. The molecule has 2 unspecified atom stereocenters. The number of nitrogens with zero attached hydrogens (tertiary/aromatic N) is 1. The number of aliphatic hydroxyl groups excluding tert-OH is 1. The van der Waals surface area contributed by atoms with Crippen molar-refractivity contribution in [1.29, 1.82) is 0 Å². The van der Waals surface area contributed by atoms with Crippen molar-refractivity contribution in [2.75, 3.05) is 19.7 Å². The minimum absolute atomic E-state index is 0.0212. The number of rotatable bonds is 4. The van der Waals surface area contributed by atoms with Crippen molar-refractivity contribution in [1.82, 2.24) is 10.2 Å². The highest BCUT2D eigenvalue weighted by Gasteiger charge is 2.36. The molecule has 4 nitrogen and oxygen atoms in total. The minimum atomic E-state index is -0.0212. The molecule has 1 saturated heterocycles. The summed E-state index contributed by atoms with van der Waals surface area (Å²) in [6, 6.07) is 0.362. The van der Waals surface area contributed by atoms with Gasteiger partial charge in [0.2, 0.25) is 5.91 Å². The van der Waals surface area contributed by atoms with Crippen LogP contribution in [0.5, 0.6) is 0 Å². The highest BCUT2D eigenvalue weighted by atomic mass is 16.3. The third-order valence-electron chi connectivity index (χ3n) is 3.94. The molecule has 1 aliphatic heterocycles. The number of hydrogen-bond acceptors (Lipinski definition) is 3. The largest absolute Gasteiger partial charge is 0.395 e. The van der Waals surface area contributed by atoms with Gasteiger partial charge in [-0.25, -0.2) is 0 Å². The van der Waals surface area contributed by atoms with E-state index in [1.54, 1.807) is 0 Å². The molecule has 2 N–H and O–H groups in total. The van der Waals surface area contributed by atoms with Crippen molar-refractivity contribution in [2.45, 2.75) is 44.7 Å². The van der Waals surface area contributed by atoms with Crippen molar-refractivity contribution >= 4 is 5.91 Å². The monoisotopic (exact) mass is 226 g/mol. The predicted molar refractivity (Wildman–Crippen MR) is 62.0 cm³/mol. The summed E-state index contributed by atoms with van der Waals surface area (Å²) < 4.78 is 0. The summed E-state index contributed by atoms with van der Waals surface area (Å²) in [6.07, 6.45) is 4.50. The van der Waals surface area contributed by atoms with E-state index in [0.717, 1.165) is 25.8 Å². The Morgan fingerprint density at radius 1 is 1.44 bits per heavy atom. The van der Waals surface area contributed by atoms with Gasteiger partial charge in [0.25, 0.3) is 0 Å². The van der Waals surface area contributed by atoms with Gasteiger partial charge in [-0.3, -0.25) is 4.79 Å². The fourth-order valence-electron chi connectivity index (χ4n) is 2.62. The van der Waals surface area contributed by atoms with Crippen LogP contribution in [0.25, 0.3) is 0 Å². The van der Waals surface area contributed by atoms with Gasteiger partial charge in [-0.2, -0.15) is 0 Å². The Hall–Kier alpha value is -0.610. The molecule has 0 spiro atoms. The molecule has 0 aromatic heterocycles. The van der Waals surface area contributed by atoms with Crippen LogP contribution in [0.1, 0.15) is 32.6 Å². The molecule has 2 aliphatic rings. The first kappa shape index (κ1) is 11.9. The Kier molecular flexibility index (Phi) is 3.82. The molecule has 2 rings (SSSR count). The normalized spacial score (nSPS) is 30.1. The standard InChI is InChI=1S/C12H22N2O2/c1-9-5-6-13-11(9)12(16)14(7-8-15)10-3-2-4-10/h9-11,13,15H,2-8H2,1H3. The van der Waals surface area contributed by atoms with E-state index in [4.69, 9.17) is 5.11 Å². The number of carbonyl (C=O) groups is 1. The van der Waals surface area contributed by atoms with Crippen LogP contribution in [0.3, 0.4) is 0 Å². The fraction of sp³-hybridized carbons (Fsp3) is 0.917. The molecule has 1 amide bonds. The molecule has 0 aromatic carbocycles. The Labute approximate surface area is 97.0 Å². The summed E-state index contributed by atoms with van der Waals surface area (Å²) in [5.41, 5.74) is 0. The second-order valence-corrected chi connectivity index (χ2v) is 5.04. The van der Waals surface area contributed by atoms with E-state index >= 15 is 0 Å². The molecular formula is C12H22N2O2. The van der Waals surface area contributed by atoms with Gasteiger partial charge in [0.05, 0.1) is 12.6 Å². The van der Waals surface area contributed by atoms with Gasteiger partial charge in [-0.1, -0.05) is 6.92 Å². The van der Waals surface area contributed by atoms with Gasteiger partial charge in [-0.15, -0.1) is 0 Å². The van der Waals surface area contributed by atoms with Gasteiger partial charge in [0.1, 0.15) is 0 Å². The lowest BCUT2D eigenvalue weighted by molar-refractivity contribution is -0.138. The molecule has 1 saturated carbocycles. The molecule has 0 aromatic rings. The minimum Gasteiger partial charge on any atom is -0.395 e. The van der Waals surface area contributed by atoms with E-state index in [1.807, 2.05) is 4.90 Å². The van der Waals surface area contributed by atoms with Crippen molar-refractivity contribution in [3.63, 3.8) is 0 Å². The van der Waals surface area contributed by atoms with Crippen LogP contribution >= 0.6 is 0 Å². The molecule has 0 radical (unpaired) electrons. The summed E-state index contributed by atoms with van der Waals surface area (Å²) in [6.45, 7) is 3.63. The molecular weight excluding hydrogens is 204 g/mol. The average Bonchev–Trinajstić information content (AvgIpc) is 2.60. The second kappa shape index (κ2) is 5.15. The SMILES string of the molecule is CC1CCNC1C(=O)N(CCO)C1CCC1. The highest BCUT2D eigenvalue weighted by molar-refractivity contribution is 5.83. The highest BCUT2D eigenvalue weighted by Crippen LogP contribution is 2.27. The molecule has 16 heavy (non-hydrogen) atoms. The van der Waals surface area contributed by atoms with Crippen LogP contribution in [0.15, 0.2) is 0 Å². The van der Waals surface area contributed by atoms with Gasteiger partial charge in [0, 0.05) is 12.6 Å². The maximum atomic E-state index is 12.3. The third-order valence-corrected chi connectivity index (χ3v) is 3.94. The number of aliphatic hydroxyl groups is 1. The molecule has 1 aliphatic carbocycles. The summed E-state index contributed by atoms with van der Waals surface area (Å²) in [7, 11) is 0. The van der Waals surface area contributed by atoms with Crippen LogP contribution in [0, 0.1) is 5.92 Å². The molecule has 4 heteroatoms. The zero-order valence-corrected chi connectivity index (χ0v) is 9.98. The van der Waals surface area contributed by atoms with E-state index in [1.165, 1.54) is 6.42 Å². The number of carbonyl (C=O) groups excluding carboxylic acids is 1. The van der Waals surface area contributed by atoms with Crippen LogP contribution in [0.4, 0.5) is 0 Å². The van der Waals surface area contributed by atoms with Crippen molar-refractivity contribution in [3.8, 4) is 0 Å². The predicted octanol–water partition coefficient (Wildman–Crippen LogP) is 0.358. The van der Waals surface area contributed by atoms with Gasteiger partial charge in [0.15, 0.2) is 0 Å². The van der Waals surface area contributed by atoms with Crippen molar-refractivity contribution in [3.05, 3.63) is 0 Å². The Morgan fingerprint density at radius 2 is 2.19 bits per heavy atom. The van der Waals surface area contributed by atoms with Crippen molar-refractivity contribution < 1.29 is 9.90 Å². The smallest absolute Gasteiger partial charge is 0.240 e. The maximum Gasteiger partial charge on any atom is 0.240 e. The Morgan fingerprint density at radius 3 is 2.62 bits per heavy atom. The molecule has 2 fully saturated rings. The summed E-state index contributed by atoms with van der Waals surface area (Å²) in [5.74, 6) is 0.623. The number of nitrogens with one attached hydrogen (secondary N) is 1. The van der Waals surface area contributed by atoms with Crippen LogP contribution in [-0.2, 0) is 4.79 Å². The lowest BCUT2D eigenvalue weighted by Crippen LogP contribution is -2.53. The first-order valence-electron chi connectivity index (χ1n) is 6.38. The molecule has 2 atom stereocenters. The van der Waals surface area contributed by atoms with E-state index < -0.39 is 0 Å². The number of hydrogen-bond donors (Lipinski definition) is 2. The third kappa shape index (κ3) is 2.23. The lowest BCUT2D eigenvalue weighted by Gasteiger charge is -2.39. The second-order valence-electron chi connectivity index (χ2n) is 5.04. The van der Waals surface area contributed by atoms with E-state index in [2.05, 4.69) is 12.2 Å². The van der Waals surface area contributed by atoms with Gasteiger partial charge >= 0.3 is 0 Å². The first-order valence-corrected chi connectivity index (χ1v) is 6.38. The molecule has 1 heterocycles. The van der Waals surface area contributed by atoms with Crippen LogP contribution in [-0.4, -0.2) is 47.7 Å². The van der Waals surface area contributed by atoms with Crippen LogP contribution in [0.2, 0.25) is 0 Å². The fourth-order valence-corrected chi connectivity index (χ4v) is 2.62. The first-order chi connectivity index (χ1) is 7.74. The summed E-state index contributed by atoms with van der Waals surface area (Å²) >= 11 is 0. The van der Waals surface area contributed by atoms with Gasteiger partial charge < -0.3 is 15.3 Å². The topological polar surface area (TPSA) is 52.6 Å². The van der Waals surface area contributed by atoms with Crippen LogP contribution < -0.4 is 5.32 Å². The van der Waals surface area contributed by atoms with Crippen molar-refractivity contribution in [2.24, 2.45) is 5.92 Å².